The zero-order chi connectivity index (χ0) is 10.9. The number of rotatable bonds is 7. The number of aldehydes is 1. The van der Waals surface area contributed by atoms with Crippen LogP contribution in [0.5, 0.6) is 0 Å². The van der Waals surface area contributed by atoms with Gasteiger partial charge in [0.2, 0.25) is 0 Å². The van der Waals surface area contributed by atoms with E-state index in [-0.39, 0.29) is 0 Å². The van der Waals surface area contributed by atoms with Gasteiger partial charge in [-0.25, -0.2) is 0 Å². The Labute approximate surface area is 95.8 Å². The second kappa shape index (κ2) is 7.41. The molecule has 0 aliphatic rings. The molecule has 15 heavy (non-hydrogen) atoms. The lowest BCUT2D eigenvalue weighted by molar-refractivity contribution is -0.105. The SMILES string of the molecule is CCCCCCC(C=O)=Cc1ccsc1. The molecule has 2 heteroatoms. The van der Waals surface area contributed by atoms with E-state index in [1.165, 1.54) is 19.3 Å². The van der Waals surface area contributed by atoms with Crippen molar-refractivity contribution in [1.29, 1.82) is 0 Å². The van der Waals surface area contributed by atoms with Crippen LogP contribution in [-0.2, 0) is 4.79 Å². The summed E-state index contributed by atoms with van der Waals surface area (Å²) in [6, 6.07) is 2.04. The topological polar surface area (TPSA) is 17.1 Å². The second-order valence-corrected chi connectivity index (χ2v) is 4.48. The number of hydrogen-bond donors (Lipinski definition) is 0. The molecule has 0 saturated heterocycles. The van der Waals surface area contributed by atoms with Crippen LogP contribution in [0.4, 0.5) is 0 Å². The Bertz CT molecular complexity index is 298. The van der Waals surface area contributed by atoms with Crippen molar-refractivity contribution >= 4 is 23.7 Å². The Hall–Kier alpha value is -0.890. The molecule has 0 bridgehead atoms. The molecule has 0 amide bonds. The molecule has 0 aromatic carbocycles. The molecule has 1 aromatic heterocycles. The molecule has 0 fully saturated rings. The summed E-state index contributed by atoms with van der Waals surface area (Å²) in [5.74, 6) is 0. The van der Waals surface area contributed by atoms with Crippen molar-refractivity contribution in [3.8, 4) is 0 Å². The first-order chi connectivity index (χ1) is 7.36. The van der Waals surface area contributed by atoms with E-state index in [1.807, 2.05) is 17.5 Å². The van der Waals surface area contributed by atoms with E-state index in [0.29, 0.717) is 0 Å². The number of hydrogen-bond acceptors (Lipinski definition) is 2. The predicted octanol–water partition coefficient (Wildman–Crippen LogP) is 4.30. The average Bonchev–Trinajstić information content (AvgIpc) is 2.75. The Morgan fingerprint density at radius 1 is 1.40 bits per heavy atom. The zero-order valence-corrected chi connectivity index (χ0v) is 10.1. The van der Waals surface area contributed by atoms with Crippen LogP contribution in [0.1, 0.15) is 44.6 Å². The lowest BCUT2D eigenvalue weighted by Crippen LogP contribution is -1.86. The first kappa shape index (κ1) is 12.2. The minimum atomic E-state index is 0.916. The van der Waals surface area contributed by atoms with Crippen LogP contribution in [0, 0.1) is 0 Å². The molecule has 1 heterocycles. The number of carbonyl (C=O) groups is 1. The van der Waals surface area contributed by atoms with Gasteiger partial charge in [0, 0.05) is 0 Å². The van der Waals surface area contributed by atoms with Crippen LogP contribution in [0.15, 0.2) is 22.4 Å². The van der Waals surface area contributed by atoms with Crippen molar-refractivity contribution in [2.24, 2.45) is 0 Å². The van der Waals surface area contributed by atoms with E-state index in [0.717, 1.165) is 30.3 Å². The number of carbonyl (C=O) groups excluding carboxylic acids is 1. The highest BCUT2D eigenvalue weighted by Gasteiger charge is 1.97. The van der Waals surface area contributed by atoms with E-state index < -0.39 is 0 Å². The van der Waals surface area contributed by atoms with Crippen LogP contribution in [0.3, 0.4) is 0 Å². The molecule has 82 valence electrons. The van der Waals surface area contributed by atoms with Gasteiger partial charge in [0.25, 0.3) is 0 Å². The maximum atomic E-state index is 10.8. The molecule has 0 spiro atoms. The fraction of sp³-hybridized carbons (Fsp3) is 0.462. The molecule has 1 rings (SSSR count). The average molecular weight is 222 g/mol. The van der Waals surface area contributed by atoms with Crippen molar-refractivity contribution in [3.05, 3.63) is 28.0 Å². The van der Waals surface area contributed by atoms with Crippen LogP contribution in [-0.4, -0.2) is 6.29 Å². The lowest BCUT2D eigenvalue weighted by Gasteiger charge is -1.99. The van der Waals surface area contributed by atoms with Crippen molar-refractivity contribution in [2.75, 3.05) is 0 Å². The molecule has 0 saturated carbocycles. The van der Waals surface area contributed by atoms with Gasteiger partial charge in [0.15, 0.2) is 0 Å². The molecule has 0 atom stereocenters. The third kappa shape index (κ3) is 4.93. The summed E-state index contributed by atoms with van der Waals surface area (Å²) >= 11 is 1.66. The van der Waals surface area contributed by atoms with Crippen molar-refractivity contribution in [2.45, 2.75) is 39.0 Å². The quantitative estimate of drug-likeness (QED) is 0.382. The smallest absolute Gasteiger partial charge is 0.146 e. The highest BCUT2D eigenvalue weighted by Crippen LogP contribution is 2.14. The summed E-state index contributed by atoms with van der Waals surface area (Å²) in [6.07, 6.45) is 8.77. The Morgan fingerprint density at radius 3 is 2.87 bits per heavy atom. The third-order valence-electron chi connectivity index (χ3n) is 2.37. The maximum absolute atomic E-state index is 10.8. The highest BCUT2D eigenvalue weighted by atomic mass is 32.1. The van der Waals surface area contributed by atoms with Gasteiger partial charge in [0.05, 0.1) is 0 Å². The van der Waals surface area contributed by atoms with E-state index in [1.54, 1.807) is 11.3 Å². The molecular weight excluding hydrogens is 204 g/mol. The largest absolute Gasteiger partial charge is 0.298 e. The van der Waals surface area contributed by atoms with Crippen molar-refractivity contribution in [3.63, 3.8) is 0 Å². The summed E-state index contributed by atoms with van der Waals surface area (Å²) < 4.78 is 0. The fourth-order valence-corrected chi connectivity index (χ4v) is 2.11. The lowest BCUT2D eigenvalue weighted by atomic mass is 10.1. The summed E-state index contributed by atoms with van der Waals surface area (Å²) in [5, 5.41) is 4.10. The van der Waals surface area contributed by atoms with E-state index >= 15 is 0 Å². The summed E-state index contributed by atoms with van der Waals surface area (Å²) in [4.78, 5) is 10.8. The van der Waals surface area contributed by atoms with Gasteiger partial charge < -0.3 is 0 Å². The summed E-state index contributed by atoms with van der Waals surface area (Å²) in [5.41, 5.74) is 2.07. The van der Waals surface area contributed by atoms with Crippen molar-refractivity contribution in [1.82, 2.24) is 0 Å². The first-order valence-electron chi connectivity index (χ1n) is 5.54. The van der Waals surface area contributed by atoms with Gasteiger partial charge in [-0.15, -0.1) is 0 Å². The van der Waals surface area contributed by atoms with E-state index in [2.05, 4.69) is 12.3 Å². The standard InChI is InChI=1S/C13H18OS/c1-2-3-4-5-6-12(10-14)9-13-7-8-15-11-13/h7-11H,2-6H2,1H3. The Balaban J connectivity index is 2.39. The summed E-state index contributed by atoms with van der Waals surface area (Å²) in [6.45, 7) is 2.20. The highest BCUT2D eigenvalue weighted by molar-refractivity contribution is 7.08. The minimum Gasteiger partial charge on any atom is -0.298 e. The molecule has 0 aliphatic carbocycles. The Morgan fingerprint density at radius 2 is 2.27 bits per heavy atom. The van der Waals surface area contributed by atoms with Gasteiger partial charge in [0.1, 0.15) is 6.29 Å². The van der Waals surface area contributed by atoms with Gasteiger partial charge in [-0.3, -0.25) is 4.79 Å². The van der Waals surface area contributed by atoms with Crippen LogP contribution in [0.2, 0.25) is 0 Å². The number of allylic oxidation sites excluding steroid dienone is 1. The van der Waals surface area contributed by atoms with Gasteiger partial charge in [-0.1, -0.05) is 26.2 Å². The molecule has 0 radical (unpaired) electrons. The fourth-order valence-electron chi connectivity index (χ4n) is 1.49. The molecule has 0 unspecified atom stereocenters. The van der Waals surface area contributed by atoms with Crippen LogP contribution < -0.4 is 0 Å². The molecular formula is C13H18OS. The van der Waals surface area contributed by atoms with Crippen LogP contribution in [0.25, 0.3) is 6.08 Å². The normalized spacial score (nSPS) is 11.7. The van der Waals surface area contributed by atoms with Crippen molar-refractivity contribution < 1.29 is 4.79 Å². The summed E-state index contributed by atoms with van der Waals surface area (Å²) in [7, 11) is 0. The molecule has 0 aliphatic heterocycles. The van der Waals surface area contributed by atoms with Gasteiger partial charge in [-0.2, -0.15) is 11.3 Å². The first-order valence-corrected chi connectivity index (χ1v) is 6.49. The number of thiophene rings is 1. The van der Waals surface area contributed by atoms with E-state index in [9.17, 15) is 4.79 Å². The number of unbranched alkanes of at least 4 members (excludes halogenated alkanes) is 3. The molecule has 1 aromatic rings. The monoisotopic (exact) mass is 222 g/mol. The predicted molar refractivity (Wildman–Crippen MR) is 67.1 cm³/mol. The molecule has 0 N–H and O–H groups in total. The Kier molecular flexibility index (Phi) is 6.02. The molecule has 1 nitrogen and oxygen atoms in total. The zero-order valence-electron chi connectivity index (χ0n) is 9.24. The second-order valence-electron chi connectivity index (χ2n) is 3.70. The minimum absolute atomic E-state index is 0.916. The van der Waals surface area contributed by atoms with E-state index in [4.69, 9.17) is 0 Å². The maximum Gasteiger partial charge on any atom is 0.146 e. The van der Waals surface area contributed by atoms with Gasteiger partial charge >= 0.3 is 0 Å². The third-order valence-corrected chi connectivity index (χ3v) is 3.07. The van der Waals surface area contributed by atoms with Crippen LogP contribution >= 0.6 is 11.3 Å². The van der Waals surface area contributed by atoms with Gasteiger partial charge in [-0.05, 0) is 46.9 Å².